The van der Waals surface area contributed by atoms with Gasteiger partial charge in [-0.2, -0.15) is 0 Å². The molecule has 10 heteroatoms. The summed E-state index contributed by atoms with van der Waals surface area (Å²) in [6.45, 7) is 5.06. The van der Waals surface area contributed by atoms with Crippen LogP contribution in [0.4, 0.5) is 10.1 Å². The third-order valence-corrected chi connectivity index (χ3v) is 8.23. The molecule has 1 amide bonds. The van der Waals surface area contributed by atoms with Crippen LogP contribution in [0.25, 0.3) is 0 Å². The van der Waals surface area contributed by atoms with Crippen molar-refractivity contribution in [3.8, 4) is 5.75 Å². The summed E-state index contributed by atoms with van der Waals surface area (Å²) in [7, 11) is -2.13. The summed E-state index contributed by atoms with van der Waals surface area (Å²) in [5, 5.41) is 9.88. The Hall–Kier alpha value is -3.47. The van der Waals surface area contributed by atoms with Crippen LogP contribution >= 0.6 is 0 Å². The lowest BCUT2D eigenvalue weighted by molar-refractivity contribution is 0.0344. The number of halogens is 1. The molecule has 0 saturated carbocycles. The quantitative estimate of drug-likeness (QED) is 0.415. The van der Waals surface area contributed by atoms with Crippen molar-refractivity contribution in [2.75, 3.05) is 31.5 Å². The summed E-state index contributed by atoms with van der Waals surface area (Å²) in [6.07, 6.45) is -0.407. The Morgan fingerprint density at radius 3 is 2.46 bits per heavy atom. The van der Waals surface area contributed by atoms with E-state index in [1.807, 2.05) is 44.3 Å². The molecule has 1 aliphatic heterocycles. The van der Waals surface area contributed by atoms with E-state index < -0.39 is 28.0 Å². The van der Waals surface area contributed by atoms with Gasteiger partial charge in [0.1, 0.15) is 11.9 Å². The molecule has 39 heavy (non-hydrogen) atoms. The number of aliphatic hydroxyl groups is 1. The lowest BCUT2D eigenvalue weighted by Gasteiger charge is -2.38. The van der Waals surface area contributed by atoms with Crippen LogP contribution in [0.1, 0.15) is 29.8 Å². The molecular weight excluding hydrogens is 521 g/mol. The monoisotopic (exact) mass is 555 g/mol. The van der Waals surface area contributed by atoms with Gasteiger partial charge in [0, 0.05) is 25.6 Å². The number of carbonyl (C=O) groups excluding carboxylic acids is 1. The van der Waals surface area contributed by atoms with E-state index in [0.717, 1.165) is 17.7 Å². The number of carbonyl (C=O) groups is 1. The highest BCUT2D eigenvalue weighted by atomic mass is 32.2. The molecule has 0 saturated heterocycles. The molecule has 3 atom stereocenters. The molecule has 0 radical (unpaired) electrons. The average molecular weight is 556 g/mol. The molecule has 1 heterocycles. The molecule has 0 aromatic heterocycles. The van der Waals surface area contributed by atoms with E-state index in [-0.39, 0.29) is 40.3 Å². The highest BCUT2D eigenvalue weighted by Crippen LogP contribution is 2.36. The van der Waals surface area contributed by atoms with E-state index >= 15 is 0 Å². The Morgan fingerprint density at radius 1 is 1.10 bits per heavy atom. The third kappa shape index (κ3) is 6.76. The molecule has 3 aromatic rings. The van der Waals surface area contributed by atoms with Crippen molar-refractivity contribution in [3.63, 3.8) is 0 Å². The van der Waals surface area contributed by atoms with Crippen LogP contribution in [0.2, 0.25) is 0 Å². The third-order valence-electron chi connectivity index (χ3n) is 6.85. The zero-order chi connectivity index (χ0) is 28.2. The molecule has 1 aliphatic rings. The minimum Gasteiger partial charge on any atom is -0.486 e. The van der Waals surface area contributed by atoms with E-state index in [4.69, 9.17) is 4.74 Å². The van der Waals surface area contributed by atoms with Crippen molar-refractivity contribution >= 4 is 21.6 Å². The normalized spacial score (nSPS) is 18.6. The minimum absolute atomic E-state index is 0.103. The van der Waals surface area contributed by atoms with E-state index in [1.165, 1.54) is 18.2 Å². The molecule has 208 valence electrons. The van der Waals surface area contributed by atoms with Crippen molar-refractivity contribution in [3.05, 3.63) is 89.7 Å². The molecule has 2 N–H and O–H groups in total. The van der Waals surface area contributed by atoms with E-state index in [9.17, 15) is 22.7 Å². The number of sulfonamides is 1. The van der Waals surface area contributed by atoms with Gasteiger partial charge in [-0.15, -0.1) is 0 Å². The Bertz CT molecular complexity index is 1390. The number of para-hydroxylation sites is 1. The number of anilines is 1. The van der Waals surface area contributed by atoms with Gasteiger partial charge >= 0.3 is 0 Å². The summed E-state index contributed by atoms with van der Waals surface area (Å²) in [5.41, 5.74) is 1.43. The van der Waals surface area contributed by atoms with Gasteiger partial charge in [-0.25, -0.2) is 12.8 Å². The summed E-state index contributed by atoms with van der Waals surface area (Å²) >= 11 is 0. The standard InChI is InChI=1S/C29H34FN3O5S/c1-20-16-33(21(2)19-34)29(35)25-10-7-11-26(31-39(36,37)24-14-12-23(30)13-15-24)28(25)38-27(20)18-32(3)17-22-8-5-4-6-9-22/h4-15,20-21,27,31,34H,16-19H2,1-3H3/t20-,21-,27-/m1/s1. The Kier molecular flexibility index (Phi) is 8.89. The summed E-state index contributed by atoms with van der Waals surface area (Å²) < 4.78 is 48.7. The van der Waals surface area contributed by atoms with Gasteiger partial charge in [-0.05, 0) is 55.9 Å². The van der Waals surface area contributed by atoms with Crippen LogP contribution in [0.15, 0.2) is 77.7 Å². The van der Waals surface area contributed by atoms with Crippen LogP contribution in [-0.4, -0.2) is 68.1 Å². The highest BCUT2D eigenvalue weighted by molar-refractivity contribution is 7.92. The predicted molar refractivity (Wildman–Crippen MR) is 148 cm³/mol. The fraction of sp³-hybridized carbons (Fsp3) is 0.345. The molecule has 3 aromatic carbocycles. The molecule has 0 unspecified atom stereocenters. The first-order chi connectivity index (χ1) is 18.6. The van der Waals surface area contributed by atoms with Gasteiger partial charge in [-0.1, -0.05) is 43.3 Å². The van der Waals surface area contributed by atoms with Crippen LogP contribution in [0.3, 0.4) is 0 Å². The summed E-state index contributed by atoms with van der Waals surface area (Å²) in [5.74, 6) is -0.941. The number of hydrogen-bond donors (Lipinski definition) is 2. The first-order valence-corrected chi connectivity index (χ1v) is 14.3. The van der Waals surface area contributed by atoms with Gasteiger partial charge in [0.05, 0.1) is 28.8 Å². The second-order valence-corrected chi connectivity index (χ2v) is 11.7. The maximum absolute atomic E-state index is 13.6. The van der Waals surface area contributed by atoms with Gasteiger partial charge in [-0.3, -0.25) is 14.4 Å². The van der Waals surface area contributed by atoms with E-state index in [1.54, 1.807) is 24.0 Å². The second-order valence-electron chi connectivity index (χ2n) is 10.0. The van der Waals surface area contributed by atoms with Crippen LogP contribution < -0.4 is 9.46 Å². The predicted octanol–water partition coefficient (Wildman–Crippen LogP) is 3.98. The van der Waals surface area contributed by atoms with Crippen molar-refractivity contribution in [2.45, 2.75) is 37.4 Å². The van der Waals surface area contributed by atoms with Gasteiger partial charge in [0.15, 0.2) is 5.75 Å². The fourth-order valence-electron chi connectivity index (χ4n) is 4.63. The number of ether oxygens (including phenoxy) is 1. The van der Waals surface area contributed by atoms with Gasteiger partial charge in [0.25, 0.3) is 15.9 Å². The second kappa shape index (κ2) is 12.1. The first kappa shape index (κ1) is 28.5. The lowest BCUT2D eigenvalue weighted by atomic mass is 9.99. The number of aliphatic hydroxyl groups excluding tert-OH is 1. The first-order valence-electron chi connectivity index (χ1n) is 12.8. The molecule has 8 nitrogen and oxygen atoms in total. The van der Waals surface area contributed by atoms with Crippen molar-refractivity contribution in [1.29, 1.82) is 0 Å². The Morgan fingerprint density at radius 2 is 1.79 bits per heavy atom. The number of hydrogen-bond acceptors (Lipinski definition) is 6. The topological polar surface area (TPSA) is 99.2 Å². The van der Waals surface area contributed by atoms with Crippen molar-refractivity contribution in [1.82, 2.24) is 9.80 Å². The molecular formula is C29H34FN3O5S. The van der Waals surface area contributed by atoms with Crippen LogP contribution in [-0.2, 0) is 16.6 Å². The van der Waals surface area contributed by atoms with E-state index in [0.29, 0.717) is 19.6 Å². The fourth-order valence-corrected chi connectivity index (χ4v) is 5.69. The van der Waals surface area contributed by atoms with Crippen molar-refractivity contribution < 1.29 is 27.4 Å². The Labute approximate surface area is 229 Å². The van der Waals surface area contributed by atoms with Crippen molar-refractivity contribution in [2.24, 2.45) is 5.92 Å². The average Bonchev–Trinajstić information content (AvgIpc) is 2.91. The number of rotatable bonds is 9. The molecule has 0 aliphatic carbocycles. The number of amides is 1. The number of likely N-dealkylation sites (N-methyl/N-ethyl adjacent to an activating group) is 1. The Balaban J connectivity index is 1.71. The summed E-state index contributed by atoms with van der Waals surface area (Å²) in [4.78, 5) is 17.2. The SMILES string of the molecule is C[C@@H]1CN([C@H](C)CO)C(=O)c2cccc(NS(=O)(=O)c3ccc(F)cc3)c2O[C@@H]1CN(C)Cc1ccccc1. The number of nitrogens with zero attached hydrogens (tertiary/aromatic N) is 2. The highest BCUT2D eigenvalue weighted by Gasteiger charge is 2.35. The zero-order valence-electron chi connectivity index (χ0n) is 22.2. The van der Waals surface area contributed by atoms with Gasteiger partial charge < -0.3 is 14.7 Å². The number of nitrogens with one attached hydrogen (secondary N) is 1. The molecule has 0 spiro atoms. The lowest BCUT2D eigenvalue weighted by Crippen LogP contribution is -2.49. The zero-order valence-corrected chi connectivity index (χ0v) is 23.1. The maximum atomic E-state index is 13.6. The van der Waals surface area contributed by atoms with Crippen LogP contribution in [0.5, 0.6) is 5.75 Å². The molecule has 0 bridgehead atoms. The largest absolute Gasteiger partial charge is 0.486 e. The van der Waals surface area contributed by atoms with Crippen LogP contribution in [0, 0.1) is 11.7 Å². The minimum atomic E-state index is -4.10. The molecule has 0 fully saturated rings. The van der Waals surface area contributed by atoms with E-state index in [2.05, 4.69) is 9.62 Å². The maximum Gasteiger partial charge on any atom is 0.262 e. The molecule has 4 rings (SSSR count). The number of benzene rings is 3. The summed E-state index contributed by atoms with van der Waals surface area (Å²) in [6, 6.07) is 18.7. The number of fused-ring (bicyclic) bond motifs is 1. The smallest absolute Gasteiger partial charge is 0.262 e. The van der Waals surface area contributed by atoms with Gasteiger partial charge in [0.2, 0.25) is 0 Å².